The topological polar surface area (TPSA) is 49.9 Å². The lowest BCUT2D eigenvalue weighted by molar-refractivity contribution is 0.0570. The number of nitrogens with one attached hydrogen (secondary N) is 2. The zero-order chi connectivity index (χ0) is 20.0. The Balaban J connectivity index is 0.00000109. The van der Waals surface area contributed by atoms with Crippen molar-refractivity contribution in [3.63, 3.8) is 0 Å². The van der Waals surface area contributed by atoms with Gasteiger partial charge in [-0.3, -0.25) is 5.10 Å². The number of piperidine rings is 1. The molecule has 1 aliphatic heterocycles. The first-order valence-corrected chi connectivity index (χ1v) is 9.93. The van der Waals surface area contributed by atoms with Gasteiger partial charge in [-0.25, -0.2) is 0 Å². The maximum Gasteiger partial charge on any atom is 0.132 e. The van der Waals surface area contributed by atoms with Gasteiger partial charge in [0.1, 0.15) is 5.15 Å². The summed E-state index contributed by atoms with van der Waals surface area (Å²) in [5, 5.41) is 12.5. The first-order valence-electron chi connectivity index (χ1n) is 9.17. The number of rotatable bonds is 5. The number of aromatic amines is 1. The Hall–Kier alpha value is -2.03. The van der Waals surface area contributed by atoms with Crippen LogP contribution in [0.15, 0.2) is 42.5 Å². The predicted octanol–water partition coefficient (Wildman–Crippen LogP) is 4.96. The van der Waals surface area contributed by atoms with Crippen molar-refractivity contribution < 1.29 is 4.74 Å². The second kappa shape index (κ2) is 9.45. The van der Waals surface area contributed by atoms with Crippen LogP contribution in [0.4, 0.5) is 0 Å². The molecule has 0 amide bonds. The fourth-order valence-electron chi connectivity index (χ4n) is 3.80. The van der Waals surface area contributed by atoms with E-state index in [9.17, 15) is 0 Å². The fraction of sp³-hybridized carbons (Fsp3) is 0.318. The Kier molecular flexibility index (Phi) is 6.98. The smallest absolute Gasteiger partial charge is 0.132 e. The number of ether oxygens (including phenoxy) is 1. The van der Waals surface area contributed by atoms with Crippen molar-refractivity contribution in [2.75, 3.05) is 19.7 Å². The van der Waals surface area contributed by atoms with Crippen LogP contribution >= 0.6 is 23.2 Å². The monoisotopic (exact) mass is 415 g/mol. The van der Waals surface area contributed by atoms with E-state index >= 15 is 0 Å². The van der Waals surface area contributed by atoms with Crippen LogP contribution in [0.5, 0.6) is 0 Å². The van der Waals surface area contributed by atoms with Crippen LogP contribution in [0.1, 0.15) is 24.0 Å². The van der Waals surface area contributed by atoms with E-state index in [1.807, 2.05) is 12.1 Å². The molecule has 4 rings (SSSR count). The summed E-state index contributed by atoms with van der Waals surface area (Å²) in [7, 11) is 0. The Labute approximate surface area is 175 Å². The van der Waals surface area contributed by atoms with Crippen LogP contribution in [0.3, 0.4) is 0 Å². The van der Waals surface area contributed by atoms with E-state index in [1.165, 1.54) is 5.56 Å². The van der Waals surface area contributed by atoms with Gasteiger partial charge < -0.3 is 10.1 Å². The van der Waals surface area contributed by atoms with Crippen LogP contribution in [0.25, 0.3) is 10.9 Å². The molecule has 0 unspecified atom stereocenters. The van der Waals surface area contributed by atoms with Gasteiger partial charge in [0.2, 0.25) is 0 Å². The van der Waals surface area contributed by atoms with Crippen molar-refractivity contribution in [3.05, 3.63) is 63.8 Å². The minimum absolute atomic E-state index is 0.0490. The molecular weight excluding hydrogens is 393 g/mol. The maximum atomic E-state index is 6.24. The van der Waals surface area contributed by atoms with E-state index in [2.05, 4.69) is 58.7 Å². The zero-order valence-electron chi connectivity index (χ0n) is 15.6. The SMILES string of the molecule is C#C.Clc1cc(COCC2(c3ccccc3)CCNCC2)c2n[nH]c(Cl)c2c1. The standard InChI is InChI=1S/C20H21Cl2N3O.C2H2/c21-16-10-14(18-17(11-16)19(22)25-24-18)12-26-13-20(6-8-23-9-7-20)15-4-2-1-3-5-15;1-2/h1-5,10-11,23H,6-9,12-13H2,(H,24,25);1-2H. The average Bonchev–Trinajstić information content (AvgIpc) is 3.11. The predicted molar refractivity (Wildman–Crippen MR) is 116 cm³/mol. The second-order valence-electron chi connectivity index (χ2n) is 6.89. The lowest BCUT2D eigenvalue weighted by Crippen LogP contribution is -2.43. The minimum Gasteiger partial charge on any atom is -0.376 e. The summed E-state index contributed by atoms with van der Waals surface area (Å²) in [5.74, 6) is 0. The summed E-state index contributed by atoms with van der Waals surface area (Å²) < 4.78 is 6.21. The lowest BCUT2D eigenvalue weighted by atomic mass is 9.74. The van der Waals surface area contributed by atoms with Crippen LogP contribution < -0.4 is 5.32 Å². The number of benzene rings is 2. The number of hydrogen-bond acceptors (Lipinski definition) is 3. The van der Waals surface area contributed by atoms with Crippen LogP contribution in [0.2, 0.25) is 10.2 Å². The molecule has 146 valence electrons. The number of terminal acetylenes is 1. The van der Waals surface area contributed by atoms with Gasteiger partial charge in [0.15, 0.2) is 0 Å². The fourth-order valence-corrected chi connectivity index (χ4v) is 4.23. The number of halogens is 2. The summed E-state index contributed by atoms with van der Waals surface area (Å²) in [6.07, 6.45) is 10.1. The summed E-state index contributed by atoms with van der Waals surface area (Å²) in [6, 6.07) is 14.4. The Morgan fingerprint density at radius 1 is 1.07 bits per heavy atom. The van der Waals surface area contributed by atoms with Crippen LogP contribution in [-0.2, 0) is 16.8 Å². The molecule has 1 aromatic heterocycles. The Bertz CT molecular complexity index is 931. The average molecular weight is 416 g/mol. The van der Waals surface area contributed by atoms with Gasteiger partial charge in [0.25, 0.3) is 0 Å². The molecule has 0 radical (unpaired) electrons. The molecule has 2 N–H and O–H groups in total. The molecule has 0 aliphatic carbocycles. The molecule has 6 heteroatoms. The van der Waals surface area contributed by atoms with E-state index in [-0.39, 0.29) is 5.41 Å². The van der Waals surface area contributed by atoms with E-state index in [0.717, 1.165) is 42.4 Å². The van der Waals surface area contributed by atoms with Crippen molar-refractivity contribution >= 4 is 34.1 Å². The van der Waals surface area contributed by atoms with E-state index in [4.69, 9.17) is 27.9 Å². The molecule has 3 aromatic rings. The van der Waals surface area contributed by atoms with E-state index in [0.29, 0.717) is 23.4 Å². The molecular formula is C22H23Cl2N3O. The summed E-state index contributed by atoms with van der Waals surface area (Å²) in [4.78, 5) is 0. The summed E-state index contributed by atoms with van der Waals surface area (Å²) >= 11 is 12.4. The van der Waals surface area contributed by atoms with Gasteiger partial charge in [0.05, 0.1) is 18.7 Å². The lowest BCUT2D eigenvalue weighted by Gasteiger charge is -2.38. The molecule has 0 atom stereocenters. The molecule has 1 fully saturated rings. The van der Waals surface area contributed by atoms with Crippen molar-refractivity contribution in [2.24, 2.45) is 0 Å². The molecule has 0 saturated carbocycles. The number of fused-ring (bicyclic) bond motifs is 1. The number of H-pyrrole nitrogens is 1. The zero-order valence-corrected chi connectivity index (χ0v) is 17.1. The molecule has 4 nitrogen and oxygen atoms in total. The van der Waals surface area contributed by atoms with Crippen molar-refractivity contribution in [1.29, 1.82) is 0 Å². The Morgan fingerprint density at radius 3 is 2.50 bits per heavy atom. The largest absolute Gasteiger partial charge is 0.376 e. The normalized spacial score (nSPS) is 15.7. The quantitative estimate of drug-likeness (QED) is 0.579. The van der Waals surface area contributed by atoms with Crippen molar-refractivity contribution in [3.8, 4) is 12.8 Å². The molecule has 2 heterocycles. The third-order valence-corrected chi connectivity index (χ3v) is 5.75. The van der Waals surface area contributed by atoms with Crippen LogP contribution in [-0.4, -0.2) is 29.9 Å². The maximum absolute atomic E-state index is 6.24. The second-order valence-corrected chi connectivity index (χ2v) is 7.70. The molecule has 1 saturated heterocycles. The van der Waals surface area contributed by atoms with Crippen molar-refractivity contribution in [1.82, 2.24) is 15.5 Å². The molecule has 0 spiro atoms. The third kappa shape index (κ3) is 4.34. The molecule has 28 heavy (non-hydrogen) atoms. The molecule has 2 aromatic carbocycles. The highest BCUT2D eigenvalue weighted by molar-refractivity contribution is 6.36. The minimum atomic E-state index is 0.0490. The Morgan fingerprint density at radius 2 is 1.79 bits per heavy atom. The third-order valence-electron chi connectivity index (χ3n) is 5.24. The molecule has 0 bridgehead atoms. The summed E-state index contributed by atoms with van der Waals surface area (Å²) in [5.41, 5.74) is 3.17. The van der Waals surface area contributed by atoms with Gasteiger partial charge in [-0.05, 0) is 43.6 Å². The van der Waals surface area contributed by atoms with Gasteiger partial charge in [-0.15, -0.1) is 12.8 Å². The highest BCUT2D eigenvalue weighted by Gasteiger charge is 2.34. The van der Waals surface area contributed by atoms with Crippen molar-refractivity contribution in [2.45, 2.75) is 24.9 Å². The number of hydrogen-bond donors (Lipinski definition) is 2. The van der Waals surface area contributed by atoms with Crippen LogP contribution in [0, 0.1) is 12.8 Å². The summed E-state index contributed by atoms with van der Waals surface area (Å²) in [6.45, 7) is 3.15. The highest BCUT2D eigenvalue weighted by atomic mass is 35.5. The first-order chi connectivity index (χ1) is 13.7. The van der Waals surface area contributed by atoms with Gasteiger partial charge in [0, 0.05) is 21.4 Å². The highest BCUT2D eigenvalue weighted by Crippen LogP contribution is 2.34. The number of aromatic nitrogens is 2. The van der Waals surface area contributed by atoms with E-state index < -0.39 is 0 Å². The first kappa shape index (κ1) is 20.7. The number of nitrogens with zero attached hydrogens (tertiary/aromatic N) is 1. The van der Waals surface area contributed by atoms with Gasteiger partial charge >= 0.3 is 0 Å². The van der Waals surface area contributed by atoms with Gasteiger partial charge in [-0.1, -0.05) is 53.5 Å². The van der Waals surface area contributed by atoms with Gasteiger partial charge in [-0.2, -0.15) is 5.10 Å². The van der Waals surface area contributed by atoms with E-state index in [1.54, 1.807) is 0 Å². The molecule has 1 aliphatic rings.